The molecule has 0 bridgehead atoms. The molecule has 0 aromatic carbocycles. The summed E-state index contributed by atoms with van der Waals surface area (Å²) in [6.07, 6.45) is 2.85. The number of aliphatic carboxylic acids is 1. The van der Waals surface area contributed by atoms with Gasteiger partial charge in [0.1, 0.15) is 0 Å². The predicted molar refractivity (Wildman–Crippen MR) is 60.0 cm³/mol. The monoisotopic (exact) mass is 257 g/mol. The molecule has 0 spiro atoms. The summed E-state index contributed by atoms with van der Waals surface area (Å²) < 4.78 is 4.86. The Bertz CT molecular complexity index is 442. The van der Waals surface area contributed by atoms with Crippen molar-refractivity contribution in [2.24, 2.45) is 0 Å². The van der Waals surface area contributed by atoms with Gasteiger partial charge in [0, 0.05) is 12.6 Å². The lowest BCUT2D eigenvalue weighted by molar-refractivity contribution is -0.137. The molecule has 1 atom stereocenters. The summed E-state index contributed by atoms with van der Waals surface area (Å²) in [6, 6.07) is 1.26. The first-order valence-electron chi connectivity index (χ1n) is 5.35. The third-order valence-electron chi connectivity index (χ3n) is 2.90. The van der Waals surface area contributed by atoms with Gasteiger partial charge >= 0.3 is 5.97 Å². The first kappa shape index (κ1) is 12.0. The molecule has 92 valence electrons. The van der Waals surface area contributed by atoms with Crippen molar-refractivity contribution in [1.82, 2.24) is 4.90 Å². The van der Waals surface area contributed by atoms with Gasteiger partial charge in [0.2, 0.25) is 5.22 Å². The summed E-state index contributed by atoms with van der Waals surface area (Å²) in [5.41, 5.74) is 0.295. The Hall–Kier alpha value is -1.49. The van der Waals surface area contributed by atoms with Crippen molar-refractivity contribution >= 4 is 23.5 Å². The Balaban J connectivity index is 2.14. The van der Waals surface area contributed by atoms with E-state index in [0.717, 1.165) is 6.42 Å². The molecular formula is C11H12ClNO4. The lowest BCUT2D eigenvalue weighted by Gasteiger charge is -2.22. The highest BCUT2D eigenvalue weighted by Crippen LogP contribution is 2.25. The molecule has 1 saturated heterocycles. The quantitative estimate of drug-likeness (QED) is 0.899. The van der Waals surface area contributed by atoms with E-state index in [-0.39, 0.29) is 23.6 Å². The molecule has 1 unspecified atom stereocenters. The highest BCUT2D eigenvalue weighted by molar-refractivity contribution is 6.32. The summed E-state index contributed by atoms with van der Waals surface area (Å²) in [5, 5.41) is 8.83. The number of carboxylic acid groups (broad SMARTS) is 1. The SMILES string of the molecule is O=C(O)CC1CCCN1C(=O)c1ccoc1Cl. The van der Waals surface area contributed by atoms with Crippen LogP contribution in [0, 0.1) is 0 Å². The van der Waals surface area contributed by atoms with E-state index in [4.69, 9.17) is 21.1 Å². The van der Waals surface area contributed by atoms with Gasteiger partial charge in [0.15, 0.2) is 0 Å². The maximum Gasteiger partial charge on any atom is 0.305 e. The second kappa shape index (κ2) is 4.79. The van der Waals surface area contributed by atoms with E-state index in [9.17, 15) is 9.59 Å². The van der Waals surface area contributed by atoms with Crippen molar-refractivity contribution in [2.45, 2.75) is 25.3 Å². The standard InChI is InChI=1S/C11H12ClNO4/c12-10-8(3-5-17-10)11(16)13-4-1-2-7(13)6-9(14)15/h3,5,7H,1-2,4,6H2,(H,14,15). The zero-order valence-corrected chi connectivity index (χ0v) is 9.81. The fourth-order valence-corrected chi connectivity index (χ4v) is 2.31. The summed E-state index contributed by atoms with van der Waals surface area (Å²) in [7, 11) is 0. The number of hydrogen-bond acceptors (Lipinski definition) is 3. The molecule has 2 rings (SSSR count). The highest BCUT2D eigenvalue weighted by atomic mass is 35.5. The molecule has 1 fully saturated rings. The molecular weight excluding hydrogens is 246 g/mol. The Labute approximate surface area is 103 Å². The minimum Gasteiger partial charge on any atom is -0.481 e. The lowest BCUT2D eigenvalue weighted by Crippen LogP contribution is -2.36. The summed E-state index contributed by atoms with van der Waals surface area (Å²) in [5.74, 6) is -1.15. The van der Waals surface area contributed by atoms with Gasteiger partial charge in [-0.2, -0.15) is 0 Å². The van der Waals surface area contributed by atoms with E-state index < -0.39 is 5.97 Å². The van der Waals surface area contributed by atoms with Gasteiger partial charge in [-0.25, -0.2) is 0 Å². The minimum atomic E-state index is -0.895. The Morgan fingerprint density at radius 2 is 2.35 bits per heavy atom. The molecule has 1 aromatic rings. The zero-order chi connectivity index (χ0) is 12.4. The topological polar surface area (TPSA) is 70.8 Å². The number of carboxylic acids is 1. The third kappa shape index (κ3) is 2.44. The largest absolute Gasteiger partial charge is 0.481 e. The second-order valence-electron chi connectivity index (χ2n) is 4.00. The molecule has 1 amide bonds. The van der Waals surface area contributed by atoms with E-state index >= 15 is 0 Å². The van der Waals surface area contributed by atoms with Crippen LogP contribution in [0.3, 0.4) is 0 Å². The Morgan fingerprint density at radius 1 is 1.59 bits per heavy atom. The fourth-order valence-electron chi connectivity index (χ4n) is 2.12. The third-order valence-corrected chi connectivity index (χ3v) is 3.19. The summed E-state index contributed by atoms with van der Waals surface area (Å²) in [6.45, 7) is 0.568. The summed E-state index contributed by atoms with van der Waals surface area (Å²) in [4.78, 5) is 24.4. The van der Waals surface area contributed by atoms with E-state index in [1.54, 1.807) is 4.90 Å². The highest BCUT2D eigenvalue weighted by Gasteiger charge is 2.32. The first-order valence-corrected chi connectivity index (χ1v) is 5.73. The normalized spacial score (nSPS) is 19.6. The number of likely N-dealkylation sites (tertiary alicyclic amines) is 1. The fraction of sp³-hybridized carbons (Fsp3) is 0.455. The van der Waals surface area contributed by atoms with Crippen LogP contribution < -0.4 is 0 Å². The molecule has 0 aliphatic carbocycles. The maximum atomic E-state index is 12.1. The molecule has 0 radical (unpaired) electrons. The van der Waals surface area contributed by atoms with Crippen molar-refractivity contribution in [3.8, 4) is 0 Å². The molecule has 1 aliphatic heterocycles. The number of rotatable bonds is 3. The number of carbonyl (C=O) groups excluding carboxylic acids is 1. The van der Waals surface area contributed by atoms with Crippen molar-refractivity contribution in [3.63, 3.8) is 0 Å². The van der Waals surface area contributed by atoms with Crippen LogP contribution in [0.15, 0.2) is 16.7 Å². The molecule has 0 saturated carbocycles. The van der Waals surface area contributed by atoms with Crippen LogP contribution in [0.5, 0.6) is 0 Å². The van der Waals surface area contributed by atoms with Gasteiger partial charge in [-0.15, -0.1) is 0 Å². The van der Waals surface area contributed by atoms with Gasteiger partial charge in [-0.1, -0.05) is 0 Å². The van der Waals surface area contributed by atoms with Crippen LogP contribution in [0.4, 0.5) is 0 Å². The second-order valence-corrected chi connectivity index (χ2v) is 4.34. The van der Waals surface area contributed by atoms with Gasteiger partial charge in [0.05, 0.1) is 18.2 Å². The zero-order valence-electron chi connectivity index (χ0n) is 9.06. The number of halogens is 1. The average Bonchev–Trinajstić information content (AvgIpc) is 2.85. The van der Waals surface area contributed by atoms with Crippen molar-refractivity contribution < 1.29 is 19.1 Å². The molecule has 1 aliphatic rings. The first-order chi connectivity index (χ1) is 8.09. The van der Waals surface area contributed by atoms with E-state index in [1.165, 1.54) is 12.3 Å². The Kier molecular flexibility index (Phi) is 3.38. The van der Waals surface area contributed by atoms with Crippen LogP contribution in [0.2, 0.25) is 5.22 Å². The van der Waals surface area contributed by atoms with E-state index in [0.29, 0.717) is 18.5 Å². The molecule has 5 nitrogen and oxygen atoms in total. The van der Waals surface area contributed by atoms with Gasteiger partial charge in [0.25, 0.3) is 5.91 Å². The summed E-state index contributed by atoms with van der Waals surface area (Å²) >= 11 is 5.74. The number of hydrogen-bond donors (Lipinski definition) is 1. The average molecular weight is 258 g/mol. The van der Waals surface area contributed by atoms with Crippen LogP contribution in [0.1, 0.15) is 29.6 Å². The van der Waals surface area contributed by atoms with Gasteiger partial charge < -0.3 is 14.4 Å². The van der Waals surface area contributed by atoms with Crippen LogP contribution in [-0.4, -0.2) is 34.5 Å². The van der Waals surface area contributed by atoms with Gasteiger partial charge in [-0.3, -0.25) is 9.59 Å². The van der Waals surface area contributed by atoms with E-state index in [1.807, 2.05) is 0 Å². The van der Waals surface area contributed by atoms with E-state index in [2.05, 4.69) is 0 Å². The number of carbonyl (C=O) groups is 2. The minimum absolute atomic E-state index is 0.0266. The van der Waals surface area contributed by atoms with Crippen molar-refractivity contribution in [1.29, 1.82) is 0 Å². The van der Waals surface area contributed by atoms with Gasteiger partial charge in [-0.05, 0) is 30.5 Å². The number of furan rings is 1. The maximum absolute atomic E-state index is 12.1. The van der Waals surface area contributed by atoms with Crippen LogP contribution >= 0.6 is 11.6 Å². The molecule has 2 heterocycles. The molecule has 6 heteroatoms. The van der Waals surface area contributed by atoms with Crippen LogP contribution in [-0.2, 0) is 4.79 Å². The van der Waals surface area contributed by atoms with Crippen molar-refractivity contribution in [2.75, 3.05) is 6.54 Å². The Morgan fingerprint density at radius 3 is 2.94 bits per heavy atom. The molecule has 17 heavy (non-hydrogen) atoms. The number of amides is 1. The smallest absolute Gasteiger partial charge is 0.305 e. The number of nitrogens with zero attached hydrogens (tertiary/aromatic N) is 1. The van der Waals surface area contributed by atoms with Crippen molar-refractivity contribution in [3.05, 3.63) is 23.1 Å². The molecule has 1 aromatic heterocycles. The molecule has 1 N–H and O–H groups in total. The lowest BCUT2D eigenvalue weighted by atomic mass is 10.1. The predicted octanol–water partition coefficient (Wildman–Crippen LogP) is 2.01. The van der Waals surface area contributed by atoms with Crippen LogP contribution in [0.25, 0.3) is 0 Å².